The average Bonchev–Trinajstić information content (AvgIpc) is 3.36. The number of ether oxygens (including phenoxy) is 2. The van der Waals surface area contributed by atoms with Crippen LogP contribution >= 0.6 is 11.3 Å². The van der Waals surface area contributed by atoms with Crippen molar-refractivity contribution in [1.82, 2.24) is 10.3 Å². The van der Waals surface area contributed by atoms with E-state index in [0.29, 0.717) is 12.8 Å². The molecule has 0 saturated heterocycles. The number of carbonyl (C=O) groups is 2. The van der Waals surface area contributed by atoms with E-state index < -0.39 is 6.09 Å². The summed E-state index contributed by atoms with van der Waals surface area (Å²) >= 11 is 1.45. The van der Waals surface area contributed by atoms with Gasteiger partial charge in [-0.2, -0.15) is 0 Å². The normalized spacial score (nSPS) is 12.7. The van der Waals surface area contributed by atoms with Crippen LogP contribution in [0.3, 0.4) is 0 Å². The van der Waals surface area contributed by atoms with Crippen LogP contribution in [-0.4, -0.2) is 29.2 Å². The molecule has 1 amide bonds. The number of alkyl carbamates (subject to hydrolysis) is 1. The van der Waals surface area contributed by atoms with E-state index in [4.69, 9.17) is 9.47 Å². The largest absolute Gasteiger partial charge is 0.463 e. The number of amides is 1. The monoisotopic (exact) mass is 494 g/mol. The SMILES string of the molecule is CC(C)OC(=O)C[C@H](CC[C@@H](Cc1ccccc1)NC(=O)OCc1cncs1)Cc1ccccc1. The summed E-state index contributed by atoms with van der Waals surface area (Å²) in [6.07, 6.45) is 4.42. The van der Waals surface area contributed by atoms with Gasteiger partial charge in [-0.25, -0.2) is 4.79 Å². The second-order valence-corrected chi connectivity index (χ2v) is 9.92. The maximum atomic E-state index is 12.6. The van der Waals surface area contributed by atoms with Crippen molar-refractivity contribution in [3.05, 3.63) is 88.4 Å². The zero-order valence-electron chi connectivity index (χ0n) is 20.4. The van der Waals surface area contributed by atoms with Crippen molar-refractivity contribution >= 4 is 23.4 Å². The number of nitrogens with zero attached hydrogens (tertiary/aromatic N) is 1. The van der Waals surface area contributed by atoms with Gasteiger partial charge in [-0.15, -0.1) is 11.3 Å². The van der Waals surface area contributed by atoms with Crippen LogP contribution in [0.25, 0.3) is 0 Å². The Morgan fingerprint density at radius 2 is 1.60 bits per heavy atom. The van der Waals surface area contributed by atoms with Gasteiger partial charge in [-0.05, 0) is 56.6 Å². The highest BCUT2D eigenvalue weighted by molar-refractivity contribution is 7.09. The zero-order chi connectivity index (χ0) is 24.9. The zero-order valence-corrected chi connectivity index (χ0v) is 21.2. The van der Waals surface area contributed by atoms with Crippen molar-refractivity contribution in [1.29, 1.82) is 0 Å². The lowest BCUT2D eigenvalue weighted by atomic mass is 9.89. The quantitative estimate of drug-likeness (QED) is 0.297. The number of carbonyl (C=O) groups excluding carboxylic acids is 2. The fourth-order valence-electron chi connectivity index (χ4n) is 3.99. The number of nitrogens with one attached hydrogen (secondary N) is 1. The Labute approximate surface area is 211 Å². The number of aromatic nitrogens is 1. The predicted octanol–water partition coefficient (Wildman–Crippen LogP) is 5.96. The topological polar surface area (TPSA) is 77.5 Å². The van der Waals surface area contributed by atoms with E-state index in [1.54, 1.807) is 11.7 Å². The van der Waals surface area contributed by atoms with Crippen molar-refractivity contribution < 1.29 is 19.1 Å². The summed E-state index contributed by atoms with van der Waals surface area (Å²) in [5.74, 6) is -0.0746. The minimum absolute atomic E-state index is 0.108. The Morgan fingerprint density at radius 1 is 0.943 bits per heavy atom. The Kier molecular flexibility index (Phi) is 10.8. The van der Waals surface area contributed by atoms with E-state index in [2.05, 4.69) is 34.6 Å². The van der Waals surface area contributed by atoms with E-state index in [-0.39, 0.29) is 30.6 Å². The van der Waals surface area contributed by atoms with E-state index in [0.717, 1.165) is 29.7 Å². The summed E-state index contributed by atoms with van der Waals surface area (Å²) in [6, 6.07) is 20.1. The number of hydrogen-bond donors (Lipinski definition) is 1. The third-order valence-electron chi connectivity index (χ3n) is 5.59. The van der Waals surface area contributed by atoms with Gasteiger partial charge in [0.25, 0.3) is 0 Å². The standard InChI is InChI=1S/C28H34N2O4S/c1-21(2)34-27(31)17-24(15-22-9-5-3-6-10-22)13-14-25(16-23-11-7-4-8-12-23)30-28(32)33-19-26-18-29-20-35-26/h3-12,18,20-21,24-25H,13-17,19H2,1-2H3,(H,30,32)/t24-,25+/m1/s1. The summed E-state index contributed by atoms with van der Waals surface area (Å²) in [7, 11) is 0. The third-order valence-corrected chi connectivity index (χ3v) is 6.34. The Balaban J connectivity index is 1.64. The van der Waals surface area contributed by atoms with Crippen LogP contribution in [0.2, 0.25) is 0 Å². The minimum Gasteiger partial charge on any atom is -0.463 e. The van der Waals surface area contributed by atoms with Crippen LogP contribution in [0.1, 0.15) is 49.1 Å². The van der Waals surface area contributed by atoms with Crippen LogP contribution in [0.15, 0.2) is 72.4 Å². The van der Waals surface area contributed by atoms with Crippen molar-refractivity contribution in [3.63, 3.8) is 0 Å². The van der Waals surface area contributed by atoms with Crippen molar-refractivity contribution in [2.75, 3.05) is 0 Å². The number of rotatable bonds is 13. The number of thiazole rings is 1. The second-order valence-electron chi connectivity index (χ2n) is 8.95. The molecule has 2 atom stereocenters. The molecule has 2 aromatic carbocycles. The Morgan fingerprint density at radius 3 is 2.20 bits per heavy atom. The molecule has 186 valence electrons. The summed E-state index contributed by atoms with van der Waals surface area (Å²) in [5, 5.41) is 3.04. The molecular formula is C28H34N2O4S. The number of esters is 1. The van der Waals surface area contributed by atoms with Crippen molar-refractivity contribution in [3.8, 4) is 0 Å². The first-order chi connectivity index (χ1) is 17.0. The lowest BCUT2D eigenvalue weighted by Crippen LogP contribution is -2.37. The van der Waals surface area contributed by atoms with Gasteiger partial charge in [0, 0.05) is 18.7 Å². The maximum Gasteiger partial charge on any atom is 0.407 e. The molecule has 0 bridgehead atoms. The van der Waals surface area contributed by atoms with Gasteiger partial charge in [0.15, 0.2) is 0 Å². The molecule has 1 heterocycles. The second kappa shape index (κ2) is 14.3. The van der Waals surface area contributed by atoms with Crippen LogP contribution in [0.4, 0.5) is 4.79 Å². The lowest BCUT2D eigenvalue weighted by Gasteiger charge is -2.23. The minimum atomic E-state index is -0.446. The van der Waals surface area contributed by atoms with E-state index in [1.807, 2.05) is 50.2 Å². The highest BCUT2D eigenvalue weighted by atomic mass is 32.1. The molecule has 0 spiro atoms. The van der Waals surface area contributed by atoms with Crippen molar-refractivity contribution in [2.24, 2.45) is 5.92 Å². The van der Waals surface area contributed by atoms with Crippen LogP contribution in [0.5, 0.6) is 0 Å². The molecule has 1 aromatic heterocycles. The summed E-state index contributed by atoms with van der Waals surface area (Å²) in [6.45, 7) is 3.93. The van der Waals surface area contributed by atoms with Gasteiger partial charge < -0.3 is 14.8 Å². The summed E-state index contributed by atoms with van der Waals surface area (Å²) in [4.78, 5) is 29.9. The lowest BCUT2D eigenvalue weighted by molar-refractivity contribution is -0.148. The van der Waals surface area contributed by atoms with Gasteiger partial charge in [-0.3, -0.25) is 9.78 Å². The number of hydrogen-bond acceptors (Lipinski definition) is 6. The van der Waals surface area contributed by atoms with Crippen LogP contribution in [0, 0.1) is 5.92 Å². The first kappa shape index (κ1) is 26.4. The van der Waals surface area contributed by atoms with Gasteiger partial charge in [0.1, 0.15) is 6.61 Å². The molecule has 0 aliphatic heterocycles. The van der Waals surface area contributed by atoms with Gasteiger partial charge in [-0.1, -0.05) is 60.7 Å². The summed E-state index contributed by atoms with van der Waals surface area (Å²) < 4.78 is 10.8. The molecule has 0 saturated carbocycles. The first-order valence-corrected chi connectivity index (χ1v) is 12.9. The van der Waals surface area contributed by atoms with Gasteiger partial charge in [0.2, 0.25) is 0 Å². The molecule has 0 fully saturated rings. The highest BCUT2D eigenvalue weighted by Gasteiger charge is 2.21. The molecule has 1 N–H and O–H groups in total. The van der Waals surface area contributed by atoms with Gasteiger partial charge in [0.05, 0.1) is 16.5 Å². The molecule has 3 aromatic rings. The molecular weight excluding hydrogens is 460 g/mol. The molecule has 3 rings (SSSR count). The molecule has 0 aliphatic carbocycles. The average molecular weight is 495 g/mol. The third kappa shape index (κ3) is 10.3. The van der Waals surface area contributed by atoms with E-state index in [1.165, 1.54) is 16.9 Å². The van der Waals surface area contributed by atoms with E-state index in [9.17, 15) is 9.59 Å². The number of benzene rings is 2. The molecule has 7 heteroatoms. The smallest absolute Gasteiger partial charge is 0.407 e. The van der Waals surface area contributed by atoms with Gasteiger partial charge >= 0.3 is 12.1 Å². The van der Waals surface area contributed by atoms with Crippen LogP contribution < -0.4 is 5.32 Å². The molecule has 0 unspecified atom stereocenters. The van der Waals surface area contributed by atoms with Crippen LogP contribution in [-0.2, 0) is 33.7 Å². The molecule has 0 aliphatic rings. The maximum absolute atomic E-state index is 12.6. The first-order valence-electron chi connectivity index (χ1n) is 12.1. The molecule has 0 radical (unpaired) electrons. The van der Waals surface area contributed by atoms with Crippen molar-refractivity contribution in [2.45, 2.75) is 64.7 Å². The summed E-state index contributed by atoms with van der Waals surface area (Å²) in [5.41, 5.74) is 4.04. The molecule has 35 heavy (non-hydrogen) atoms. The molecule has 6 nitrogen and oxygen atoms in total. The highest BCUT2D eigenvalue weighted by Crippen LogP contribution is 2.21. The van der Waals surface area contributed by atoms with E-state index >= 15 is 0 Å². The fourth-order valence-corrected chi connectivity index (χ4v) is 4.50. The fraction of sp³-hybridized carbons (Fsp3) is 0.393. The Bertz CT molecular complexity index is 1010. The predicted molar refractivity (Wildman–Crippen MR) is 138 cm³/mol. The Hall–Kier alpha value is -3.19.